The van der Waals surface area contributed by atoms with Crippen LogP contribution in [-0.2, 0) is 4.79 Å². The molecule has 2 aromatic rings. The van der Waals surface area contributed by atoms with E-state index < -0.39 is 0 Å². The quantitative estimate of drug-likeness (QED) is 0.835. The summed E-state index contributed by atoms with van der Waals surface area (Å²) in [5.41, 5.74) is 1.83. The Balaban J connectivity index is 1.87. The first-order chi connectivity index (χ1) is 9.28. The predicted octanol–water partition coefficient (Wildman–Crippen LogP) is 1.84. The second kappa shape index (κ2) is 4.99. The van der Waals surface area contributed by atoms with Gasteiger partial charge in [-0.2, -0.15) is 0 Å². The summed E-state index contributed by atoms with van der Waals surface area (Å²) in [6.45, 7) is 0. The van der Waals surface area contributed by atoms with Gasteiger partial charge in [-0.25, -0.2) is 9.97 Å². The van der Waals surface area contributed by atoms with E-state index in [4.69, 9.17) is 0 Å². The Labute approximate surface area is 114 Å². The Morgan fingerprint density at radius 2 is 2.11 bits per heavy atom. The third kappa shape index (κ3) is 2.32. The molecule has 1 aromatic carbocycles. The van der Waals surface area contributed by atoms with Crippen molar-refractivity contribution in [3.63, 3.8) is 0 Å². The first kappa shape index (κ1) is 12.1. The highest BCUT2D eigenvalue weighted by Crippen LogP contribution is 2.35. The summed E-state index contributed by atoms with van der Waals surface area (Å²) in [7, 11) is 1.78. The van der Waals surface area contributed by atoms with Crippen LogP contribution in [0.4, 0.5) is 5.69 Å². The Bertz CT molecular complexity index is 617. The van der Waals surface area contributed by atoms with Crippen LogP contribution in [0, 0.1) is 0 Å². The third-order valence-corrected chi connectivity index (χ3v) is 3.78. The maximum atomic E-state index is 11.7. The maximum absolute atomic E-state index is 11.7. The normalized spacial score (nSPS) is 17.1. The Kier molecular flexibility index (Phi) is 3.18. The summed E-state index contributed by atoms with van der Waals surface area (Å²) < 4.78 is 0. The van der Waals surface area contributed by atoms with Gasteiger partial charge in [-0.05, 0) is 37.0 Å². The number of nitrogens with zero attached hydrogens (tertiary/aromatic N) is 2. The largest absolute Gasteiger partial charge is 0.324 e. The fraction of sp³-hybridized carbons (Fsp3) is 0.154. The molecule has 19 heavy (non-hydrogen) atoms. The number of likely N-dealkylation sites (N-methyl/N-ethyl adjacent to an activating group) is 1. The predicted molar refractivity (Wildman–Crippen MR) is 73.0 cm³/mol. The summed E-state index contributed by atoms with van der Waals surface area (Å²) in [4.78, 5) is 21.1. The molecule has 1 aromatic heterocycles. The van der Waals surface area contributed by atoms with Gasteiger partial charge in [0.1, 0.15) is 6.04 Å². The second-order valence-corrected chi connectivity index (χ2v) is 5.13. The lowest BCUT2D eigenvalue weighted by atomic mass is 10.1. The smallest absolute Gasteiger partial charge is 0.246 e. The van der Waals surface area contributed by atoms with Crippen molar-refractivity contribution in [1.82, 2.24) is 15.3 Å². The standard InChI is InChI=1S/C13H12N4OS/c1-14-11-9-4-3-8(7-10(9)17-12(11)18)19-13-15-5-2-6-16-13/h2-7,11,14H,1H3,(H,17,18). The van der Waals surface area contributed by atoms with Crippen molar-refractivity contribution < 1.29 is 4.79 Å². The summed E-state index contributed by atoms with van der Waals surface area (Å²) in [5, 5.41) is 6.56. The molecule has 0 radical (unpaired) electrons. The van der Waals surface area contributed by atoms with Gasteiger partial charge in [-0.15, -0.1) is 0 Å². The van der Waals surface area contributed by atoms with E-state index in [2.05, 4.69) is 20.6 Å². The minimum Gasteiger partial charge on any atom is -0.324 e. The number of carbonyl (C=O) groups excluding carboxylic acids is 1. The van der Waals surface area contributed by atoms with Gasteiger partial charge in [-0.1, -0.05) is 6.07 Å². The molecule has 2 heterocycles. The summed E-state index contributed by atoms with van der Waals surface area (Å²) in [6, 6.07) is 7.40. The fourth-order valence-corrected chi connectivity index (χ4v) is 2.79. The van der Waals surface area contributed by atoms with Gasteiger partial charge in [0.2, 0.25) is 5.91 Å². The van der Waals surface area contributed by atoms with Crippen molar-refractivity contribution in [3.8, 4) is 0 Å². The van der Waals surface area contributed by atoms with Crippen LogP contribution in [0.15, 0.2) is 46.7 Å². The van der Waals surface area contributed by atoms with Gasteiger partial charge < -0.3 is 10.6 Å². The van der Waals surface area contributed by atoms with Crippen molar-refractivity contribution in [3.05, 3.63) is 42.2 Å². The lowest BCUT2D eigenvalue weighted by Crippen LogP contribution is -2.23. The molecular weight excluding hydrogens is 260 g/mol. The average molecular weight is 272 g/mol. The van der Waals surface area contributed by atoms with E-state index in [0.717, 1.165) is 16.1 Å². The van der Waals surface area contributed by atoms with E-state index in [-0.39, 0.29) is 11.9 Å². The molecule has 0 fully saturated rings. The highest BCUT2D eigenvalue weighted by molar-refractivity contribution is 7.99. The molecule has 0 saturated heterocycles. The van der Waals surface area contributed by atoms with Crippen LogP contribution >= 0.6 is 11.8 Å². The number of aromatic nitrogens is 2. The summed E-state index contributed by atoms with van der Waals surface area (Å²) >= 11 is 1.47. The molecule has 3 rings (SSSR count). The highest BCUT2D eigenvalue weighted by Gasteiger charge is 2.29. The lowest BCUT2D eigenvalue weighted by molar-refractivity contribution is -0.117. The van der Waals surface area contributed by atoms with Crippen LogP contribution < -0.4 is 10.6 Å². The minimum absolute atomic E-state index is 0.0180. The van der Waals surface area contributed by atoms with Gasteiger partial charge in [0.05, 0.1) is 0 Å². The Morgan fingerprint density at radius 3 is 2.84 bits per heavy atom. The Hall–Kier alpha value is -1.92. The maximum Gasteiger partial charge on any atom is 0.246 e. The van der Waals surface area contributed by atoms with Gasteiger partial charge in [-0.3, -0.25) is 4.79 Å². The molecule has 2 N–H and O–H groups in total. The first-order valence-electron chi connectivity index (χ1n) is 5.85. The van der Waals surface area contributed by atoms with E-state index >= 15 is 0 Å². The van der Waals surface area contributed by atoms with Crippen molar-refractivity contribution in [2.75, 3.05) is 12.4 Å². The molecular formula is C13H12N4OS. The summed E-state index contributed by atoms with van der Waals surface area (Å²) in [5.74, 6) is -0.0180. The molecule has 1 atom stereocenters. The van der Waals surface area contributed by atoms with Gasteiger partial charge in [0.15, 0.2) is 5.16 Å². The molecule has 1 unspecified atom stereocenters. The zero-order valence-corrected chi connectivity index (χ0v) is 11.1. The van der Waals surface area contributed by atoms with Crippen molar-refractivity contribution >= 4 is 23.4 Å². The molecule has 0 saturated carbocycles. The van der Waals surface area contributed by atoms with Gasteiger partial charge in [0, 0.05) is 28.5 Å². The van der Waals surface area contributed by atoms with E-state index in [1.54, 1.807) is 25.5 Å². The first-order valence-corrected chi connectivity index (χ1v) is 6.66. The van der Waals surface area contributed by atoms with Crippen molar-refractivity contribution in [2.45, 2.75) is 16.1 Å². The molecule has 0 spiro atoms. The number of anilines is 1. The van der Waals surface area contributed by atoms with Crippen LogP contribution in [0.2, 0.25) is 0 Å². The lowest BCUT2D eigenvalue weighted by Gasteiger charge is -2.07. The van der Waals surface area contributed by atoms with Crippen LogP contribution in [0.1, 0.15) is 11.6 Å². The second-order valence-electron chi connectivity index (χ2n) is 4.09. The number of hydrogen-bond donors (Lipinski definition) is 2. The number of nitrogens with one attached hydrogen (secondary N) is 2. The number of benzene rings is 1. The van der Waals surface area contributed by atoms with E-state index in [1.807, 2.05) is 18.2 Å². The third-order valence-electron chi connectivity index (χ3n) is 2.90. The number of rotatable bonds is 3. The van der Waals surface area contributed by atoms with E-state index in [0.29, 0.717) is 5.16 Å². The molecule has 1 aliphatic rings. The van der Waals surface area contributed by atoms with Crippen LogP contribution in [0.5, 0.6) is 0 Å². The highest BCUT2D eigenvalue weighted by atomic mass is 32.2. The molecule has 0 aliphatic carbocycles. The van der Waals surface area contributed by atoms with Crippen LogP contribution in [0.25, 0.3) is 0 Å². The van der Waals surface area contributed by atoms with Gasteiger partial charge >= 0.3 is 0 Å². The zero-order chi connectivity index (χ0) is 13.2. The number of hydrogen-bond acceptors (Lipinski definition) is 5. The molecule has 6 heteroatoms. The number of amides is 1. The molecule has 1 aliphatic heterocycles. The molecule has 0 bridgehead atoms. The zero-order valence-electron chi connectivity index (χ0n) is 10.3. The van der Waals surface area contributed by atoms with E-state index in [9.17, 15) is 4.79 Å². The molecule has 96 valence electrons. The van der Waals surface area contributed by atoms with Crippen molar-refractivity contribution in [1.29, 1.82) is 0 Å². The molecule has 1 amide bonds. The monoisotopic (exact) mass is 272 g/mol. The van der Waals surface area contributed by atoms with Crippen molar-refractivity contribution in [2.24, 2.45) is 0 Å². The SMILES string of the molecule is CNC1C(=O)Nc2cc(Sc3ncccn3)ccc21. The average Bonchev–Trinajstić information content (AvgIpc) is 2.74. The minimum atomic E-state index is -0.262. The summed E-state index contributed by atoms with van der Waals surface area (Å²) in [6.07, 6.45) is 3.42. The molecule has 5 nitrogen and oxygen atoms in total. The Morgan fingerprint density at radius 1 is 1.32 bits per heavy atom. The topological polar surface area (TPSA) is 66.9 Å². The van der Waals surface area contributed by atoms with Crippen LogP contribution in [0.3, 0.4) is 0 Å². The van der Waals surface area contributed by atoms with E-state index in [1.165, 1.54) is 11.8 Å². The fourth-order valence-electron chi connectivity index (χ4n) is 2.04. The number of carbonyl (C=O) groups is 1. The van der Waals surface area contributed by atoms with Crippen LogP contribution in [-0.4, -0.2) is 22.9 Å². The number of fused-ring (bicyclic) bond motifs is 1. The van der Waals surface area contributed by atoms with Gasteiger partial charge in [0.25, 0.3) is 0 Å².